The van der Waals surface area contributed by atoms with E-state index in [0.717, 1.165) is 19.3 Å². The highest BCUT2D eigenvalue weighted by atomic mass is 16.5. The second kappa shape index (κ2) is 3.07. The Kier molecular flexibility index (Phi) is 2.13. The standard InChI is InChI=1S/C11H16O3/c1-7(12)11(2)5-3-4-9-8(11)6-10(13)14-9/h8-9H,3-6H2,1-2H3. The number of esters is 1. The van der Waals surface area contributed by atoms with Gasteiger partial charge in [0.2, 0.25) is 0 Å². The summed E-state index contributed by atoms with van der Waals surface area (Å²) in [4.78, 5) is 22.8. The molecule has 1 heterocycles. The van der Waals surface area contributed by atoms with Gasteiger partial charge in [0.1, 0.15) is 11.9 Å². The van der Waals surface area contributed by atoms with E-state index in [0.29, 0.717) is 6.42 Å². The maximum absolute atomic E-state index is 11.6. The van der Waals surface area contributed by atoms with Crippen LogP contribution in [0.2, 0.25) is 0 Å². The lowest BCUT2D eigenvalue weighted by atomic mass is 9.64. The van der Waals surface area contributed by atoms with E-state index in [2.05, 4.69) is 0 Å². The summed E-state index contributed by atoms with van der Waals surface area (Å²) in [6.45, 7) is 3.61. The molecule has 3 nitrogen and oxygen atoms in total. The number of fused-ring (bicyclic) bond motifs is 1. The molecule has 0 bridgehead atoms. The molecule has 0 aromatic rings. The van der Waals surface area contributed by atoms with Crippen molar-refractivity contribution >= 4 is 11.8 Å². The molecule has 1 aliphatic heterocycles. The Balaban J connectivity index is 2.27. The summed E-state index contributed by atoms with van der Waals surface area (Å²) in [7, 11) is 0. The summed E-state index contributed by atoms with van der Waals surface area (Å²) in [6, 6.07) is 0. The van der Waals surface area contributed by atoms with Gasteiger partial charge < -0.3 is 4.74 Å². The number of hydrogen-bond donors (Lipinski definition) is 0. The molecule has 14 heavy (non-hydrogen) atoms. The second-order valence-electron chi connectivity index (χ2n) is 4.70. The summed E-state index contributed by atoms with van der Waals surface area (Å²) in [5.41, 5.74) is -0.324. The molecule has 2 fully saturated rings. The summed E-state index contributed by atoms with van der Waals surface area (Å²) in [5.74, 6) is 0.195. The van der Waals surface area contributed by atoms with Gasteiger partial charge in [-0.15, -0.1) is 0 Å². The molecular formula is C11H16O3. The Bertz CT molecular complexity index is 284. The van der Waals surface area contributed by atoms with Crippen molar-refractivity contribution in [3.05, 3.63) is 0 Å². The van der Waals surface area contributed by atoms with Gasteiger partial charge in [-0.25, -0.2) is 0 Å². The highest BCUT2D eigenvalue weighted by Crippen LogP contribution is 2.47. The van der Waals surface area contributed by atoms with Gasteiger partial charge in [0, 0.05) is 11.3 Å². The van der Waals surface area contributed by atoms with E-state index in [9.17, 15) is 9.59 Å². The first-order valence-electron chi connectivity index (χ1n) is 5.24. The third-order valence-electron chi connectivity index (χ3n) is 3.93. The number of carbonyl (C=O) groups excluding carboxylic acids is 2. The average molecular weight is 196 g/mol. The quantitative estimate of drug-likeness (QED) is 0.599. The van der Waals surface area contributed by atoms with Gasteiger partial charge in [-0.3, -0.25) is 9.59 Å². The zero-order valence-electron chi connectivity index (χ0n) is 8.71. The SMILES string of the molecule is CC(=O)C1(C)CCCC2OC(=O)CC21. The first-order chi connectivity index (χ1) is 6.54. The Labute approximate surface area is 83.8 Å². The monoisotopic (exact) mass is 196 g/mol. The van der Waals surface area contributed by atoms with E-state index in [-0.39, 0.29) is 29.2 Å². The minimum atomic E-state index is -0.324. The molecule has 0 radical (unpaired) electrons. The average Bonchev–Trinajstić information content (AvgIpc) is 2.47. The zero-order chi connectivity index (χ0) is 10.3. The Hall–Kier alpha value is -0.860. The van der Waals surface area contributed by atoms with E-state index in [1.54, 1.807) is 6.92 Å². The topological polar surface area (TPSA) is 43.4 Å². The van der Waals surface area contributed by atoms with Gasteiger partial charge in [0.25, 0.3) is 0 Å². The third-order valence-corrected chi connectivity index (χ3v) is 3.93. The molecule has 2 aliphatic rings. The molecule has 1 saturated carbocycles. The smallest absolute Gasteiger partial charge is 0.306 e. The molecule has 0 N–H and O–H groups in total. The van der Waals surface area contributed by atoms with Crippen LogP contribution in [-0.4, -0.2) is 17.9 Å². The summed E-state index contributed by atoms with van der Waals surface area (Å²) in [5, 5.41) is 0. The molecule has 2 rings (SSSR count). The largest absolute Gasteiger partial charge is 0.462 e. The fraction of sp³-hybridized carbons (Fsp3) is 0.818. The van der Waals surface area contributed by atoms with Gasteiger partial charge in [-0.2, -0.15) is 0 Å². The number of Topliss-reactive ketones (excluding diaryl/α,β-unsaturated/α-hetero) is 1. The van der Waals surface area contributed by atoms with Gasteiger partial charge in [0.05, 0.1) is 6.42 Å². The zero-order valence-corrected chi connectivity index (χ0v) is 8.71. The number of rotatable bonds is 1. The van der Waals surface area contributed by atoms with Crippen molar-refractivity contribution in [1.29, 1.82) is 0 Å². The maximum Gasteiger partial charge on any atom is 0.306 e. The lowest BCUT2D eigenvalue weighted by Gasteiger charge is -2.39. The van der Waals surface area contributed by atoms with E-state index in [4.69, 9.17) is 4.74 Å². The molecule has 0 aromatic carbocycles. The van der Waals surface area contributed by atoms with E-state index < -0.39 is 0 Å². The lowest BCUT2D eigenvalue weighted by Crippen LogP contribution is -2.42. The number of ketones is 1. The Morgan fingerprint density at radius 1 is 1.57 bits per heavy atom. The van der Waals surface area contributed by atoms with Gasteiger partial charge in [0.15, 0.2) is 0 Å². The van der Waals surface area contributed by atoms with Crippen LogP contribution in [-0.2, 0) is 14.3 Å². The van der Waals surface area contributed by atoms with Crippen LogP contribution < -0.4 is 0 Å². The Morgan fingerprint density at radius 2 is 2.29 bits per heavy atom. The van der Waals surface area contributed by atoms with Crippen LogP contribution in [0.4, 0.5) is 0 Å². The highest BCUT2D eigenvalue weighted by molar-refractivity contribution is 5.84. The molecule has 3 unspecified atom stereocenters. The maximum atomic E-state index is 11.6. The number of hydrogen-bond acceptors (Lipinski definition) is 3. The molecular weight excluding hydrogens is 180 g/mol. The van der Waals surface area contributed by atoms with E-state index in [1.165, 1.54) is 0 Å². The van der Waals surface area contributed by atoms with Crippen LogP contribution in [0.1, 0.15) is 39.5 Å². The van der Waals surface area contributed by atoms with Crippen molar-refractivity contribution < 1.29 is 14.3 Å². The van der Waals surface area contributed by atoms with Crippen LogP contribution >= 0.6 is 0 Å². The van der Waals surface area contributed by atoms with Crippen molar-refractivity contribution in [2.45, 2.75) is 45.6 Å². The molecule has 0 spiro atoms. The Morgan fingerprint density at radius 3 is 2.93 bits per heavy atom. The molecule has 1 saturated heterocycles. The highest BCUT2D eigenvalue weighted by Gasteiger charge is 2.51. The van der Waals surface area contributed by atoms with Gasteiger partial charge in [-0.05, 0) is 26.2 Å². The van der Waals surface area contributed by atoms with E-state index >= 15 is 0 Å². The van der Waals surface area contributed by atoms with Crippen molar-refractivity contribution in [2.24, 2.45) is 11.3 Å². The van der Waals surface area contributed by atoms with Crippen molar-refractivity contribution in [2.75, 3.05) is 0 Å². The van der Waals surface area contributed by atoms with Crippen molar-refractivity contribution in [1.82, 2.24) is 0 Å². The molecule has 0 amide bonds. The molecule has 3 atom stereocenters. The fourth-order valence-corrected chi connectivity index (χ4v) is 2.80. The normalized spacial score (nSPS) is 41.7. The van der Waals surface area contributed by atoms with Crippen LogP contribution in [0.3, 0.4) is 0 Å². The van der Waals surface area contributed by atoms with Gasteiger partial charge in [-0.1, -0.05) is 6.92 Å². The summed E-state index contributed by atoms with van der Waals surface area (Å²) >= 11 is 0. The van der Waals surface area contributed by atoms with E-state index in [1.807, 2.05) is 6.92 Å². The predicted molar refractivity (Wildman–Crippen MR) is 50.6 cm³/mol. The second-order valence-corrected chi connectivity index (χ2v) is 4.70. The lowest BCUT2D eigenvalue weighted by molar-refractivity contribution is -0.144. The van der Waals surface area contributed by atoms with Gasteiger partial charge >= 0.3 is 5.97 Å². The van der Waals surface area contributed by atoms with Crippen LogP contribution in [0.15, 0.2) is 0 Å². The van der Waals surface area contributed by atoms with Crippen LogP contribution in [0.25, 0.3) is 0 Å². The van der Waals surface area contributed by atoms with Crippen LogP contribution in [0, 0.1) is 11.3 Å². The fourth-order valence-electron chi connectivity index (χ4n) is 2.80. The van der Waals surface area contributed by atoms with Crippen LogP contribution in [0.5, 0.6) is 0 Å². The molecule has 1 aliphatic carbocycles. The minimum Gasteiger partial charge on any atom is -0.462 e. The van der Waals surface area contributed by atoms with Crippen molar-refractivity contribution in [3.8, 4) is 0 Å². The molecule has 78 valence electrons. The summed E-state index contributed by atoms with van der Waals surface area (Å²) < 4.78 is 5.22. The number of carbonyl (C=O) groups is 2. The first-order valence-corrected chi connectivity index (χ1v) is 5.24. The van der Waals surface area contributed by atoms with Crippen molar-refractivity contribution in [3.63, 3.8) is 0 Å². The number of ether oxygens (including phenoxy) is 1. The third kappa shape index (κ3) is 1.26. The summed E-state index contributed by atoms with van der Waals surface area (Å²) in [6.07, 6.45) is 3.26. The minimum absolute atomic E-state index is 0.00477. The molecule has 3 heteroatoms. The molecule has 0 aromatic heterocycles. The first kappa shape index (κ1) is 9.69. The predicted octanol–water partition coefficient (Wildman–Crippen LogP) is 1.70.